The molecule has 0 unspecified atom stereocenters. The van der Waals surface area contributed by atoms with Crippen molar-refractivity contribution in [1.29, 1.82) is 0 Å². The van der Waals surface area contributed by atoms with Gasteiger partial charge in [-0.1, -0.05) is 6.92 Å². The number of rotatable bonds is 4. The second kappa shape index (κ2) is 4.92. The minimum Gasteiger partial charge on any atom is -0.422 e. The lowest BCUT2D eigenvalue weighted by molar-refractivity contribution is 0.382. The number of hydrogen-bond donors (Lipinski definition) is 2. The summed E-state index contributed by atoms with van der Waals surface area (Å²) >= 11 is 0. The van der Waals surface area contributed by atoms with Crippen LogP contribution in [-0.4, -0.2) is 47.7 Å². The highest BCUT2D eigenvalue weighted by atomic mass is 16.4. The first kappa shape index (κ1) is 10.9. The molecule has 1 radical (unpaired) electrons. The second-order valence-electron chi connectivity index (χ2n) is 2.97. The number of aliphatic imine (C=N–C) groups is 1. The highest BCUT2D eigenvalue weighted by Crippen LogP contribution is 2.14. The van der Waals surface area contributed by atoms with Crippen LogP contribution < -0.4 is 0 Å². The highest BCUT2D eigenvalue weighted by Gasteiger charge is 2.25. The molecule has 1 rings (SSSR count). The molecule has 0 saturated carbocycles. The van der Waals surface area contributed by atoms with Gasteiger partial charge < -0.3 is 14.9 Å². The van der Waals surface area contributed by atoms with Gasteiger partial charge in [0, 0.05) is 12.8 Å². The third-order valence-electron chi connectivity index (χ3n) is 1.93. The standard InChI is InChI=1S/C8H12BN2O3/c1-2-4-11-5-3-10-8(9(13)14)7(11)6-12/h3,13-14H,2,4-5H2,1H3. The maximum atomic E-state index is 10.6. The zero-order valence-corrected chi connectivity index (χ0v) is 7.97. The molecule has 5 nitrogen and oxygen atoms in total. The van der Waals surface area contributed by atoms with E-state index in [4.69, 9.17) is 10.0 Å². The van der Waals surface area contributed by atoms with Crippen molar-refractivity contribution in [2.24, 2.45) is 4.99 Å². The molecule has 2 N–H and O–H groups in total. The molecule has 0 atom stereocenters. The number of allylic oxidation sites excluding steroid dienone is 1. The topological polar surface area (TPSA) is 73.1 Å². The van der Waals surface area contributed by atoms with Gasteiger partial charge in [-0.15, -0.1) is 0 Å². The molecule has 0 spiro atoms. The van der Waals surface area contributed by atoms with E-state index in [9.17, 15) is 4.79 Å². The van der Waals surface area contributed by atoms with E-state index in [-0.39, 0.29) is 11.3 Å². The smallest absolute Gasteiger partial charge is 0.422 e. The van der Waals surface area contributed by atoms with Crippen molar-refractivity contribution in [1.82, 2.24) is 4.90 Å². The fraction of sp³-hybridized carbons (Fsp3) is 0.500. The first-order valence-electron chi connectivity index (χ1n) is 4.46. The van der Waals surface area contributed by atoms with E-state index in [0.29, 0.717) is 13.1 Å². The van der Waals surface area contributed by atoms with Gasteiger partial charge in [0.05, 0.1) is 12.1 Å². The summed E-state index contributed by atoms with van der Waals surface area (Å²) in [6.45, 7) is 3.16. The molecule has 0 aliphatic carbocycles. The quantitative estimate of drug-likeness (QED) is 0.571. The Balaban J connectivity index is 2.93. The zero-order chi connectivity index (χ0) is 10.6. The van der Waals surface area contributed by atoms with Crippen molar-refractivity contribution >= 4 is 19.6 Å². The molecule has 0 aromatic carbocycles. The van der Waals surface area contributed by atoms with E-state index in [2.05, 4.69) is 4.99 Å². The molecular weight excluding hydrogens is 183 g/mol. The maximum Gasteiger partial charge on any atom is 0.510 e. The third-order valence-corrected chi connectivity index (χ3v) is 1.93. The van der Waals surface area contributed by atoms with Crippen LogP contribution >= 0.6 is 0 Å². The van der Waals surface area contributed by atoms with Gasteiger partial charge in [0.25, 0.3) is 6.29 Å². The average Bonchev–Trinajstić information content (AvgIpc) is 2.18. The molecule has 14 heavy (non-hydrogen) atoms. The molecule has 0 bridgehead atoms. The lowest BCUT2D eigenvalue weighted by atomic mass is 9.84. The number of nitrogens with zero attached hydrogens (tertiary/aromatic N) is 2. The lowest BCUT2D eigenvalue weighted by Crippen LogP contribution is -2.34. The molecule has 6 heteroatoms. The van der Waals surface area contributed by atoms with Crippen LogP contribution in [0.15, 0.2) is 16.3 Å². The summed E-state index contributed by atoms with van der Waals surface area (Å²) in [6, 6.07) is 0. The molecule has 0 aromatic heterocycles. The van der Waals surface area contributed by atoms with Crippen molar-refractivity contribution in [3.05, 3.63) is 11.3 Å². The summed E-state index contributed by atoms with van der Waals surface area (Å²) in [4.78, 5) is 16.1. The molecule has 0 fully saturated rings. The normalized spacial score (nSPS) is 16.1. The van der Waals surface area contributed by atoms with Crippen molar-refractivity contribution in [2.75, 3.05) is 13.1 Å². The van der Waals surface area contributed by atoms with Gasteiger partial charge in [0.1, 0.15) is 5.70 Å². The Kier molecular flexibility index (Phi) is 3.85. The summed E-state index contributed by atoms with van der Waals surface area (Å²) in [5.41, 5.74) is 0.115. The SMILES string of the molecule is CCCN1CC=NC(B(O)O)=C1[C]=O. The van der Waals surface area contributed by atoms with Gasteiger partial charge in [0.15, 0.2) is 0 Å². The Bertz CT molecular complexity index is 276. The average molecular weight is 195 g/mol. The van der Waals surface area contributed by atoms with Crippen LogP contribution in [0.25, 0.3) is 0 Å². The van der Waals surface area contributed by atoms with E-state index in [1.54, 1.807) is 17.4 Å². The Morgan fingerprint density at radius 1 is 1.71 bits per heavy atom. The van der Waals surface area contributed by atoms with Gasteiger partial charge in [-0.2, -0.15) is 0 Å². The molecule has 1 heterocycles. The molecule has 0 amide bonds. The number of hydrogen-bond acceptors (Lipinski definition) is 5. The minimum absolute atomic E-state index is 0.0281. The van der Waals surface area contributed by atoms with Gasteiger partial charge >= 0.3 is 7.12 Å². The Morgan fingerprint density at radius 3 is 2.93 bits per heavy atom. The first-order chi connectivity index (χ1) is 6.70. The highest BCUT2D eigenvalue weighted by molar-refractivity contribution is 6.51. The summed E-state index contributed by atoms with van der Waals surface area (Å²) in [5, 5.41) is 17.9. The van der Waals surface area contributed by atoms with Crippen molar-refractivity contribution in [3.8, 4) is 0 Å². The summed E-state index contributed by atoms with van der Waals surface area (Å²) in [6.07, 6.45) is 4.11. The first-order valence-corrected chi connectivity index (χ1v) is 4.46. The molecule has 75 valence electrons. The van der Waals surface area contributed by atoms with Crippen LogP contribution in [-0.2, 0) is 4.79 Å². The molecule has 1 aliphatic heterocycles. The van der Waals surface area contributed by atoms with Gasteiger partial charge in [-0.3, -0.25) is 9.79 Å². The van der Waals surface area contributed by atoms with E-state index in [0.717, 1.165) is 6.42 Å². The van der Waals surface area contributed by atoms with Crippen LogP contribution in [0.3, 0.4) is 0 Å². The third kappa shape index (κ3) is 2.21. The van der Waals surface area contributed by atoms with Gasteiger partial charge in [0.2, 0.25) is 0 Å². The largest absolute Gasteiger partial charge is 0.510 e. The summed E-state index contributed by atoms with van der Waals surface area (Å²) < 4.78 is 0. The van der Waals surface area contributed by atoms with Crippen LogP contribution in [0.4, 0.5) is 0 Å². The molecule has 0 aromatic rings. The van der Waals surface area contributed by atoms with E-state index in [1.165, 1.54) is 0 Å². The molecule has 1 aliphatic rings. The molecular formula is C8H12BN2O3. The van der Waals surface area contributed by atoms with Gasteiger partial charge in [-0.05, 0) is 6.42 Å². The fourth-order valence-electron chi connectivity index (χ4n) is 1.33. The van der Waals surface area contributed by atoms with Crippen LogP contribution in [0.2, 0.25) is 0 Å². The Hall–Kier alpha value is -1.14. The van der Waals surface area contributed by atoms with Crippen LogP contribution in [0.1, 0.15) is 13.3 Å². The minimum atomic E-state index is -1.72. The second-order valence-corrected chi connectivity index (χ2v) is 2.97. The van der Waals surface area contributed by atoms with Crippen molar-refractivity contribution < 1.29 is 14.8 Å². The lowest BCUT2D eigenvalue weighted by Gasteiger charge is -2.25. The van der Waals surface area contributed by atoms with E-state index in [1.807, 2.05) is 6.92 Å². The zero-order valence-electron chi connectivity index (χ0n) is 7.97. The van der Waals surface area contributed by atoms with E-state index >= 15 is 0 Å². The number of carbonyl (C=O) groups excluding carboxylic acids is 1. The Morgan fingerprint density at radius 2 is 2.43 bits per heavy atom. The van der Waals surface area contributed by atoms with Crippen LogP contribution in [0.5, 0.6) is 0 Å². The van der Waals surface area contributed by atoms with Crippen molar-refractivity contribution in [3.63, 3.8) is 0 Å². The predicted molar refractivity (Wildman–Crippen MR) is 53.3 cm³/mol. The van der Waals surface area contributed by atoms with Crippen molar-refractivity contribution in [2.45, 2.75) is 13.3 Å². The van der Waals surface area contributed by atoms with Crippen LogP contribution in [0, 0.1) is 0 Å². The fourth-order valence-corrected chi connectivity index (χ4v) is 1.33. The summed E-state index contributed by atoms with van der Waals surface area (Å²) in [5.74, 6) is 0. The monoisotopic (exact) mass is 195 g/mol. The van der Waals surface area contributed by atoms with Gasteiger partial charge in [-0.25, -0.2) is 0 Å². The van der Waals surface area contributed by atoms with E-state index < -0.39 is 7.12 Å². The summed E-state index contributed by atoms with van der Waals surface area (Å²) in [7, 11) is -1.72. The predicted octanol–water partition coefficient (Wildman–Crippen LogP) is -0.884. The maximum absolute atomic E-state index is 10.6. The molecule has 0 saturated heterocycles. The Labute approximate surface area is 82.9 Å².